The normalized spacial score (nSPS) is 10.9. The molecule has 3 aromatic heterocycles. The van der Waals surface area contributed by atoms with E-state index in [9.17, 15) is 14.0 Å². The molecule has 2 aromatic carbocycles. The van der Waals surface area contributed by atoms with Crippen LogP contribution in [0.5, 0.6) is 11.5 Å². The Bertz CT molecular complexity index is 1640. The van der Waals surface area contributed by atoms with Crippen molar-refractivity contribution < 1.29 is 13.9 Å². The number of ether oxygens (including phenoxy) is 1. The van der Waals surface area contributed by atoms with E-state index in [2.05, 4.69) is 20.4 Å². The Labute approximate surface area is 199 Å². The lowest BCUT2D eigenvalue weighted by molar-refractivity contribution is 0.102. The molecule has 9 heteroatoms. The average Bonchev–Trinajstić information content (AvgIpc) is 3.31. The molecule has 35 heavy (non-hydrogen) atoms. The zero-order chi connectivity index (χ0) is 24.5. The molecule has 5 rings (SSSR count). The summed E-state index contributed by atoms with van der Waals surface area (Å²) in [6.07, 6.45) is 3.28. The number of hydrogen-bond acceptors (Lipinski definition) is 5. The molecule has 0 radical (unpaired) electrons. The highest BCUT2D eigenvalue weighted by Crippen LogP contribution is 2.31. The van der Waals surface area contributed by atoms with Gasteiger partial charge in [0.15, 0.2) is 17.3 Å². The largest absolute Gasteiger partial charge is 0.453 e. The molecular formula is C26H20FN5O3. The summed E-state index contributed by atoms with van der Waals surface area (Å²) in [6.45, 7) is 3.47. The molecule has 0 bridgehead atoms. The monoisotopic (exact) mass is 469 g/mol. The molecule has 0 unspecified atom stereocenters. The standard InChI is InChI=1S/C26H20FN5O3/c1-15-5-3-4-6-20(15)32-23(33)13-16(2)24(31-32)26(34)30-17-7-8-22(19(27)14-17)35-21-10-12-29-25-18(21)9-11-28-25/h3-14H,1-2H3,(H,28,29)(H,30,34). The van der Waals surface area contributed by atoms with Gasteiger partial charge in [0.25, 0.3) is 11.5 Å². The maximum atomic E-state index is 14.8. The van der Waals surface area contributed by atoms with E-state index < -0.39 is 11.7 Å². The quantitative estimate of drug-likeness (QED) is 0.381. The summed E-state index contributed by atoms with van der Waals surface area (Å²) in [6, 6.07) is 16.1. The van der Waals surface area contributed by atoms with Crippen molar-refractivity contribution in [3.8, 4) is 17.2 Å². The molecule has 174 valence electrons. The van der Waals surface area contributed by atoms with Crippen LogP contribution >= 0.6 is 0 Å². The first-order chi connectivity index (χ1) is 16.9. The lowest BCUT2D eigenvalue weighted by Gasteiger charge is -2.12. The second kappa shape index (κ2) is 8.86. The first-order valence-electron chi connectivity index (χ1n) is 10.8. The topological polar surface area (TPSA) is 102 Å². The first kappa shape index (κ1) is 22.0. The van der Waals surface area contributed by atoms with E-state index in [4.69, 9.17) is 4.74 Å². The second-order valence-corrected chi connectivity index (χ2v) is 7.96. The number of amides is 1. The number of fused-ring (bicyclic) bond motifs is 1. The lowest BCUT2D eigenvalue weighted by Crippen LogP contribution is -2.27. The third-order valence-corrected chi connectivity index (χ3v) is 5.51. The highest BCUT2D eigenvalue weighted by Gasteiger charge is 2.17. The van der Waals surface area contributed by atoms with Gasteiger partial charge < -0.3 is 15.0 Å². The maximum Gasteiger partial charge on any atom is 0.276 e. The third kappa shape index (κ3) is 4.26. The first-order valence-corrected chi connectivity index (χ1v) is 10.8. The Balaban J connectivity index is 1.40. The van der Waals surface area contributed by atoms with Crippen molar-refractivity contribution in [3.63, 3.8) is 0 Å². The van der Waals surface area contributed by atoms with Gasteiger partial charge >= 0.3 is 0 Å². The van der Waals surface area contributed by atoms with Crippen LogP contribution in [0.2, 0.25) is 0 Å². The molecule has 5 aromatic rings. The molecule has 3 heterocycles. The lowest BCUT2D eigenvalue weighted by atomic mass is 10.2. The number of aromatic nitrogens is 4. The number of carbonyl (C=O) groups excluding carboxylic acids is 1. The highest BCUT2D eigenvalue weighted by atomic mass is 19.1. The minimum Gasteiger partial charge on any atom is -0.453 e. The Kier molecular flexibility index (Phi) is 5.58. The molecule has 1 amide bonds. The summed E-state index contributed by atoms with van der Waals surface area (Å²) in [5, 5.41) is 7.64. The number of para-hydroxylation sites is 1. The van der Waals surface area contributed by atoms with Crippen LogP contribution in [-0.4, -0.2) is 25.7 Å². The van der Waals surface area contributed by atoms with Gasteiger partial charge in [-0.25, -0.2) is 9.37 Å². The van der Waals surface area contributed by atoms with Crippen LogP contribution in [0.1, 0.15) is 21.6 Å². The molecule has 8 nitrogen and oxygen atoms in total. The fourth-order valence-corrected chi connectivity index (χ4v) is 3.74. The molecule has 0 saturated carbocycles. The van der Waals surface area contributed by atoms with Crippen molar-refractivity contribution in [1.29, 1.82) is 0 Å². The maximum absolute atomic E-state index is 14.8. The summed E-state index contributed by atoms with van der Waals surface area (Å²) < 4.78 is 21.7. The van der Waals surface area contributed by atoms with Crippen molar-refractivity contribution in [2.24, 2.45) is 0 Å². The summed E-state index contributed by atoms with van der Waals surface area (Å²) in [4.78, 5) is 32.6. The van der Waals surface area contributed by atoms with Crippen molar-refractivity contribution in [1.82, 2.24) is 19.7 Å². The highest BCUT2D eigenvalue weighted by molar-refractivity contribution is 6.03. The van der Waals surface area contributed by atoms with Gasteiger partial charge in [0, 0.05) is 30.2 Å². The predicted octanol–water partition coefficient (Wildman–Crippen LogP) is 4.91. The minimum atomic E-state index is -0.655. The van der Waals surface area contributed by atoms with Gasteiger partial charge in [0.2, 0.25) is 0 Å². The Morgan fingerprint density at radius 3 is 2.66 bits per heavy atom. The molecule has 0 atom stereocenters. The van der Waals surface area contributed by atoms with Gasteiger partial charge in [-0.15, -0.1) is 0 Å². The summed E-state index contributed by atoms with van der Waals surface area (Å²) in [5.41, 5.74) is 2.37. The van der Waals surface area contributed by atoms with E-state index in [0.29, 0.717) is 22.6 Å². The molecule has 0 saturated heterocycles. The van der Waals surface area contributed by atoms with Crippen molar-refractivity contribution >= 4 is 22.6 Å². The van der Waals surface area contributed by atoms with E-state index in [1.165, 1.54) is 22.9 Å². The van der Waals surface area contributed by atoms with Crippen molar-refractivity contribution in [2.45, 2.75) is 13.8 Å². The number of halogens is 1. The summed E-state index contributed by atoms with van der Waals surface area (Å²) >= 11 is 0. The smallest absolute Gasteiger partial charge is 0.276 e. The number of benzene rings is 2. The molecule has 0 aliphatic heterocycles. The van der Waals surface area contributed by atoms with Crippen LogP contribution in [0.3, 0.4) is 0 Å². The summed E-state index contributed by atoms with van der Waals surface area (Å²) in [7, 11) is 0. The van der Waals surface area contributed by atoms with Gasteiger partial charge in [0.05, 0.1) is 11.1 Å². The van der Waals surface area contributed by atoms with Gasteiger partial charge in [0.1, 0.15) is 11.4 Å². The zero-order valence-electron chi connectivity index (χ0n) is 18.9. The van der Waals surface area contributed by atoms with Gasteiger partial charge in [-0.3, -0.25) is 9.59 Å². The number of anilines is 1. The number of pyridine rings is 1. The summed E-state index contributed by atoms with van der Waals surface area (Å²) in [5.74, 6) is -0.775. The number of carbonyl (C=O) groups is 1. The van der Waals surface area contributed by atoms with Crippen molar-refractivity contribution in [3.05, 3.63) is 106 Å². The Hall–Kier alpha value is -4.79. The number of rotatable bonds is 5. The third-order valence-electron chi connectivity index (χ3n) is 5.51. The SMILES string of the molecule is Cc1ccccc1-n1nc(C(=O)Nc2ccc(Oc3ccnc4[nH]ccc34)c(F)c2)c(C)cc1=O. The van der Waals surface area contributed by atoms with Crippen LogP contribution in [0, 0.1) is 19.7 Å². The molecule has 0 spiro atoms. The molecule has 2 N–H and O–H groups in total. The van der Waals surface area contributed by atoms with E-state index in [0.717, 1.165) is 17.0 Å². The number of H-pyrrole nitrogens is 1. The predicted molar refractivity (Wildman–Crippen MR) is 130 cm³/mol. The van der Waals surface area contributed by atoms with Crippen LogP contribution in [0.4, 0.5) is 10.1 Å². The van der Waals surface area contributed by atoms with E-state index in [1.807, 2.05) is 19.1 Å². The number of nitrogens with one attached hydrogen (secondary N) is 2. The van der Waals surface area contributed by atoms with E-state index in [1.54, 1.807) is 43.6 Å². The van der Waals surface area contributed by atoms with E-state index in [-0.39, 0.29) is 22.7 Å². The second-order valence-electron chi connectivity index (χ2n) is 7.96. The number of aromatic amines is 1. The Morgan fingerprint density at radius 2 is 1.86 bits per heavy atom. The van der Waals surface area contributed by atoms with Gasteiger partial charge in [-0.1, -0.05) is 18.2 Å². The molecule has 0 aliphatic carbocycles. The fourth-order valence-electron chi connectivity index (χ4n) is 3.74. The molecule has 0 fully saturated rings. The van der Waals surface area contributed by atoms with Crippen molar-refractivity contribution in [2.75, 3.05) is 5.32 Å². The number of nitrogens with zero attached hydrogens (tertiary/aromatic N) is 3. The molecule has 0 aliphatic rings. The Morgan fingerprint density at radius 1 is 1.03 bits per heavy atom. The molecular weight excluding hydrogens is 449 g/mol. The van der Waals surface area contributed by atoms with Gasteiger partial charge in [-0.2, -0.15) is 9.78 Å². The zero-order valence-corrected chi connectivity index (χ0v) is 18.9. The van der Waals surface area contributed by atoms with Gasteiger partial charge in [-0.05, 0) is 55.3 Å². The fraction of sp³-hybridized carbons (Fsp3) is 0.0769. The number of aryl methyl sites for hydroxylation is 2. The number of hydrogen-bond donors (Lipinski definition) is 2. The van der Waals surface area contributed by atoms with Crippen LogP contribution in [0.15, 0.2) is 77.9 Å². The van der Waals surface area contributed by atoms with E-state index >= 15 is 0 Å². The van der Waals surface area contributed by atoms with Crippen LogP contribution in [-0.2, 0) is 0 Å². The van der Waals surface area contributed by atoms with Crippen LogP contribution in [0.25, 0.3) is 16.7 Å². The minimum absolute atomic E-state index is 0.000827. The van der Waals surface area contributed by atoms with Crippen LogP contribution < -0.4 is 15.6 Å². The average molecular weight is 469 g/mol.